The number of nitrogens with one attached hydrogen (secondary N) is 1. The maximum absolute atomic E-state index is 5.49. The van der Waals surface area contributed by atoms with Crippen molar-refractivity contribution >= 4 is 27.4 Å². The quantitative estimate of drug-likeness (QED) is 0.674. The van der Waals surface area contributed by atoms with E-state index in [0.717, 1.165) is 55.7 Å². The summed E-state index contributed by atoms with van der Waals surface area (Å²) in [6.07, 6.45) is 3.58. The largest absolute Gasteiger partial charge is 0.379 e. The van der Waals surface area contributed by atoms with E-state index in [9.17, 15) is 0 Å². The van der Waals surface area contributed by atoms with Gasteiger partial charge in [0.25, 0.3) is 0 Å². The van der Waals surface area contributed by atoms with E-state index < -0.39 is 0 Å². The molecule has 1 aromatic carbocycles. The van der Waals surface area contributed by atoms with Gasteiger partial charge in [-0.3, -0.25) is 4.90 Å². The lowest BCUT2D eigenvalue weighted by atomic mass is 10.0. The normalized spacial score (nSPS) is 18.1. The molecule has 0 radical (unpaired) electrons. The van der Waals surface area contributed by atoms with Crippen LogP contribution in [0.3, 0.4) is 0 Å². The first kappa shape index (κ1) is 19.0. The summed E-state index contributed by atoms with van der Waals surface area (Å²) in [4.78, 5) is 15.1. The minimum Gasteiger partial charge on any atom is -0.379 e. The Morgan fingerprint density at radius 2 is 2.00 bits per heavy atom. The van der Waals surface area contributed by atoms with Crippen LogP contribution < -0.4 is 5.32 Å². The summed E-state index contributed by atoms with van der Waals surface area (Å²) in [5, 5.41) is 5.01. The summed E-state index contributed by atoms with van der Waals surface area (Å²) in [6, 6.07) is 8.79. The SMILES string of the molecule is Cc1ccccc1C(C)Nc1nc(CN2CCOCC2)nc2sc3c(c12)CCC3. The third kappa shape index (κ3) is 3.77. The zero-order valence-electron chi connectivity index (χ0n) is 17.2. The molecule has 0 spiro atoms. The molecule has 1 aliphatic carbocycles. The fourth-order valence-electron chi connectivity index (χ4n) is 4.53. The summed E-state index contributed by atoms with van der Waals surface area (Å²) in [5.74, 6) is 1.92. The average molecular weight is 409 g/mol. The van der Waals surface area contributed by atoms with Crippen molar-refractivity contribution in [3.63, 3.8) is 0 Å². The van der Waals surface area contributed by atoms with E-state index in [-0.39, 0.29) is 6.04 Å². The van der Waals surface area contributed by atoms with E-state index >= 15 is 0 Å². The molecule has 1 atom stereocenters. The number of morpholine rings is 1. The van der Waals surface area contributed by atoms with Crippen molar-refractivity contribution in [2.45, 2.75) is 45.7 Å². The lowest BCUT2D eigenvalue weighted by Gasteiger charge is -2.26. The third-order valence-electron chi connectivity index (χ3n) is 6.09. The molecule has 5 rings (SSSR count). The Morgan fingerprint density at radius 1 is 1.17 bits per heavy atom. The van der Waals surface area contributed by atoms with Gasteiger partial charge in [0.15, 0.2) is 0 Å². The molecule has 2 aromatic heterocycles. The molecule has 3 heterocycles. The molecular weight excluding hydrogens is 380 g/mol. The number of nitrogens with zero attached hydrogens (tertiary/aromatic N) is 3. The van der Waals surface area contributed by atoms with Crippen LogP contribution in [0, 0.1) is 6.92 Å². The van der Waals surface area contributed by atoms with Crippen LogP contribution in [0.25, 0.3) is 10.2 Å². The molecule has 1 saturated heterocycles. The zero-order chi connectivity index (χ0) is 19.8. The van der Waals surface area contributed by atoms with Gasteiger partial charge < -0.3 is 10.1 Å². The van der Waals surface area contributed by atoms with Crippen molar-refractivity contribution in [1.82, 2.24) is 14.9 Å². The van der Waals surface area contributed by atoms with E-state index in [0.29, 0.717) is 0 Å². The van der Waals surface area contributed by atoms with Crippen molar-refractivity contribution in [3.8, 4) is 0 Å². The van der Waals surface area contributed by atoms with Gasteiger partial charge in [0, 0.05) is 18.0 Å². The predicted octanol–water partition coefficient (Wildman–Crippen LogP) is 4.49. The van der Waals surface area contributed by atoms with Gasteiger partial charge in [-0.25, -0.2) is 9.97 Å². The van der Waals surface area contributed by atoms with Gasteiger partial charge in [0.05, 0.1) is 31.2 Å². The number of aryl methyl sites for hydroxylation is 3. The third-order valence-corrected chi connectivity index (χ3v) is 7.27. The minimum atomic E-state index is 0.197. The highest BCUT2D eigenvalue weighted by Crippen LogP contribution is 2.40. The highest BCUT2D eigenvalue weighted by atomic mass is 32.1. The molecule has 0 amide bonds. The fourth-order valence-corrected chi connectivity index (χ4v) is 5.81. The molecule has 0 bridgehead atoms. The van der Waals surface area contributed by atoms with Gasteiger partial charge in [0.1, 0.15) is 16.5 Å². The number of hydrogen-bond acceptors (Lipinski definition) is 6. The lowest BCUT2D eigenvalue weighted by Crippen LogP contribution is -2.36. The molecule has 0 saturated carbocycles. The predicted molar refractivity (Wildman–Crippen MR) is 119 cm³/mol. The van der Waals surface area contributed by atoms with Gasteiger partial charge in [-0.05, 0) is 49.8 Å². The molecular formula is C23H28N4OS. The second-order valence-corrected chi connectivity index (χ2v) is 9.22. The monoisotopic (exact) mass is 408 g/mol. The van der Waals surface area contributed by atoms with E-state index in [1.165, 1.54) is 39.8 Å². The Balaban J connectivity index is 1.51. The van der Waals surface area contributed by atoms with Gasteiger partial charge in [-0.2, -0.15) is 0 Å². The Hall–Kier alpha value is -2.02. The Labute approximate surface area is 176 Å². The molecule has 3 aromatic rings. The molecule has 29 heavy (non-hydrogen) atoms. The number of fused-ring (bicyclic) bond motifs is 3. The van der Waals surface area contributed by atoms with Crippen molar-refractivity contribution in [2.24, 2.45) is 0 Å². The summed E-state index contributed by atoms with van der Waals surface area (Å²) in [5.41, 5.74) is 4.10. The zero-order valence-corrected chi connectivity index (χ0v) is 18.0. The Morgan fingerprint density at radius 3 is 2.83 bits per heavy atom. The topological polar surface area (TPSA) is 50.3 Å². The number of aromatic nitrogens is 2. The standard InChI is InChI=1S/C23H28N4OS/c1-15-6-3-4-7-17(15)16(2)24-22-21-18-8-5-9-19(18)29-23(21)26-20(25-22)14-27-10-12-28-13-11-27/h3-4,6-7,16H,5,8-14H2,1-2H3,(H,24,25,26). The molecule has 1 aliphatic heterocycles. The van der Waals surface area contributed by atoms with Crippen LogP contribution in [0.4, 0.5) is 5.82 Å². The number of benzene rings is 1. The summed E-state index contributed by atoms with van der Waals surface area (Å²) < 4.78 is 5.49. The summed E-state index contributed by atoms with van der Waals surface area (Å²) in [6.45, 7) is 8.68. The van der Waals surface area contributed by atoms with E-state index in [1.807, 2.05) is 11.3 Å². The van der Waals surface area contributed by atoms with Crippen molar-refractivity contribution in [1.29, 1.82) is 0 Å². The van der Waals surface area contributed by atoms with E-state index in [4.69, 9.17) is 14.7 Å². The van der Waals surface area contributed by atoms with Crippen molar-refractivity contribution < 1.29 is 4.74 Å². The molecule has 6 heteroatoms. The molecule has 2 aliphatic rings. The van der Waals surface area contributed by atoms with E-state index in [2.05, 4.69) is 48.3 Å². The number of ether oxygens (including phenoxy) is 1. The van der Waals surface area contributed by atoms with Crippen molar-refractivity contribution in [2.75, 3.05) is 31.6 Å². The molecule has 1 unspecified atom stereocenters. The molecule has 152 valence electrons. The Kier molecular flexibility index (Phi) is 5.24. The van der Waals surface area contributed by atoms with Crippen LogP contribution in [0.15, 0.2) is 24.3 Å². The molecule has 1 fully saturated rings. The summed E-state index contributed by atoms with van der Waals surface area (Å²) in [7, 11) is 0. The van der Waals surface area contributed by atoms with Crippen LogP contribution in [-0.2, 0) is 24.1 Å². The van der Waals surface area contributed by atoms with Crippen LogP contribution in [0.2, 0.25) is 0 Å². The first-order chi connectivity index (χ1) is 14.2. The first-order valence-electron chi connectivity index (χ1n) is 10.6. The van der Waals surface area contributed by atoms with Crippen LogP contribution >= 0.6 is 11.3 Å². The van der Waals surface area contributed by atoms with Crippen LogP contribution in [0.1, 0.15) is 46.8 Å². The first-order valence-corrected chi connectivity index (χ1v) is 11.4. The molecule has 1 N–H and O–H groups in total. The van der Waals surface area contributed by atoms with Crippen LogP contribution in [0.5, 0.6) is 0 Å². The maximum Gasteiger partial charge on any atom is 0.146 e. The highest BCUT2D eigenvalue weighted by Gasteiger charge is 2.24. The van der Waals surface area contributed by atoms with E-state index in [1.54, 1.807) is 0 Å². The number of anilines is 1. The Bertz CT molecular complexity index is 1030. The second-order valence-electron chi connectivity index (χ2n) is 8.14. The summed E-state index contributed by atoms with van der Waals surface area (Å²) >= 11 is 1.87. The fraction of sp³-hybridized carbons (Fsp3) is 0.478. The minimum absolute atomic E-state index is 0.197. The van der Waals surface area contributed by atoms with Gasteiger partial charge in [-0.15, -0.1) is 11.3 Å². The number of rotatable bonds is 5. The number of hydrogen-bond donors (Lipinski definition) is 1. The van der Waals surface area contributed by atoms with Crippen molar-refractivity contribution in [3.05, 3.63) is 51.7 Å². The molecule has 5 nitrogen and oxygen atoms in total. The second kappa shape index (κ2) is 8.01. The average Bonchev–Trinajstić information content (AvgIpc) is 3.30. The van der Waals surface area contributed by atoms with Gasteiger partial charge >= 0.3 is 0 Å². The highest BCUT2D eigenvalue weighted by molar-refractivity contribution is 7.19. The van der Waals surface area contributed by atoms with Crippen LogP contribution in [-0.4, -0.2) is 41.2 Å². The number of thiophene rings is 1. The van der Waals surface area contributed by atoms with Gasteiger partial charge in [0.2, 0.25) is 0 Å². The maximum atomic E-state index is 5.49. The smallest absolute Gasteiger partial charge is 0.146 e. The van der Waals surface area contributed by atoms with Gasteiger partial charge in [-0.1, -0.05) is 24.3 Å². The lowest BCUT2D eigenvalue weighted by molar-refractivity contribution is 0.0331.